The number of nitro groups is 1. The van der Waals surface area contributed by atoms with Crippen LogP contribution < -0.4 is 5.32 Å². The van der Waals surface area contributed by atoms with Gasteiger partial charge in [0.1, 0.15) is 0 Å². The van der Waals surface area contributed by atoms with E-state index in [1.165, 1.54) is 12.1 Å². The predicted octanol–water partition coefficient (Wildman–Crippen LogP) is 1.98. The van der Waals surface area contributed by atoms with Crippen molar-refractivity contribution in [3.63, 3.8) is 0 Å². The maximum Gasteiger partial charge on any atom is 0.269 e. The zero-order valence-corrected chi connectivity index (χ0v) is 13.8. The largest absolute Gasteiger partial charge is 0.396 e. The average Bonchev–Trinajstić information content (AvgIpc) is 2.49. The fourth-order valence-electron chi connectivity index (χ4n) is 2.96. The molecule has 1 fully saturated rings. The first-order valence-corrected chi connectivity index (χ1v) is 7.26. The summed E-state index contributed by atoms with van der Waals surface area (Å²) in [5, 5.41) is 23.9. The molecule has 0 radical (unpaired) electrons. The van der Waals surface area contributed by atoms with Crippen LogP contribution in [-0.2, 0) is 0 Å². The Bertz CT molecular complexity index is 487. The van der Waals surface area contributed by atoms with Crippen LogP contribution in [0.25, 0.3) is 0 Å². The van der Waals surface area contributed by atoms with Gasteiger partial charge in [0, 0.05) is 56.4 Å². The fraction of sp³-hybridized carbons (Fsp3) is 0.600. The monoisotopic (exact) mass is 329 g/mol. The maximum absolute atomic E-state index is 10.8. The highest BCUT2D eigenvalue weighted by Crippen LogP contribution is 2.38. The minimum atomic E-state index is -0.388. The number of aliphatic hydroxyl groups excluding tert-OH is 1. The van der Waals surface area contributed by atoms with Crippen LogP contribution in [0.5, 0.6) is 0 Å². The topological polar surface area (TPSA) is 78.6 Å². The number of nitro benzene ring substituents is 1. The van der Waals surface area contributed by atoms with Crippen LogP contribution in [0.2, 0.25) is 0 Å². The van der Waals surface area contributed by atoms with Gasteiger partial charge in [0.15, 0.2) is 0 Å². The van der Waals surface area contributed by atoms with E-state index in [9.17, 15) is 15.2 Å². The van der Waals surface area contributed by atoms with E-state index in [-0.39, 0.29) is 41.1 Å². The number of nitrogens with one attached hydrogen (secondary N) is 1. The minimum Gasteiger partial charge on any atom is -0.396 e. The lowest BCUT2D eigenvalue weighted by Gasteiger charge is -2.43. The molecule has 1 heterocycles. The van der Waals surface area contributed by atoms with Crippen LogP contribution in [0.3, 0.4) is 0 Å². The van der Waals surface area contributed by atoms with E-state index in [0.29, 0.717) is 0 Å². The van der Waals surface area contributed by atoms with Crippen molar-refractivity contribution in [1.29, 1.82) is 0 Å². The van der Waals surface area contributed by atoms with E-state index in [1.807, 2.05) is 26.0 Å². The molecule has 1 aromatic carbocycles. The number of benzene rings is 1. The van der Waals surface area contributed by atoms with Gasteiger partial charge in [-0.05, 0) is 5.56 Å². The van der Waals surface area contributed by atoms with Gasteiger partial charge in [0.2, 0.25) is 0 Å². The summed E-state index contributed by atoms with van der Waals surface area (Å²) in [4.78, 5) is 12.7. The summed E-state index contributed by atoms with van der Waals surface area (Å²) in [5.74, 6) is 0. The molecule has 0 saturated carbocycles. The van der Waals surface area contributed by atoms with Crippen molar-refractivity contribution >= 4 is 18.1 Å². The molecule has 1 atom stereocenters. The number of aliphatic hydroxyl groups is 1. The smallest absolute Gasteiger partial charge is 0.269 e. The Morgan fingerprint density at radius 2 is 1.86 bits per heavy atom. The van der Waals surface area contributed by atoms with Crippen molar-refractivity contribution in [2.24, 2.45) is 5.41 Å². The number of non-ortho nitro benzene ring substituents is 1. The standard InChI is InChI=1S/C15H23N3O3.ClH/c1-15(2,11-19)14(17-9-7-16-8-10-17)12-3-5-13(6-4-12)18(20)21;/h3-6,14,16,19H,7-11H2,1-2H3;1H/t14-;/m0./s1. The number of rotatable bonds is 5. The molecule has 2 rings (SSSR count). The number of hydrogen-bond acceptors (Lipinski definition) is 5. The highest BCUT2D eigenvalue weighted by Gasteiger charge is 2.35. The molecule has 1 aromatic rings. The second kappa shape index (κ2) is 7.87. The lowest BCUT2D eigenvalue weighted by Crippen LogP contribution is -2.49. The number of hydrogen-bond donors (Lipinski definition) is 2. The highest BCUT2D eigenvalue weighted by atomic mass is 35.5. The van der Waals surface area contributed by atoms with Crippen LogP contribution in [0.4, 0.5) is 5.69 Å². The van der Waals surface area contributed by atoms with Crippen LogP contribution >= 0.6 is 12.4 Å². The number of piperazine rings is 1. The summed E-state index contributed by atoms with van der Waals surface area (Å²) in [6, 6.07) is 6.74. The molecule has 0 amide bonds. The van der Waals surface area contributed by atoms with E-state index in [4.69, 9.17) is 0 Å². The zero-order valence-electron chi connectivity index (χ0n) is 13.0. The third kappa shape index (κ3) is 4.16. The Morgan fingerprint density at radius 1 is 1.32 bits per heavy atom. The summed E-state index contributed by atoms with van der Waals surface area (Å²) in [5.41, 5.74) is 0.800. The van der Waals surface area contributed by atoms with E-state index in [2.05, 4.69) is 10.2 Å². The Hall–Kier alpha value is -1.21. The van der Waals surface area contributed by atoms with Gasteiger partial charge in [0.25, 0.3) is 5.69 Å². The first kappa shape index (κ1) is 18.8. The summed E-state index contributed by atoms with van der Waals surface area (Å²) in [6.45, 7) is 7.78. The molecule has 0 bridgehead atoms. The Balaban J connectivity index is 0.00000242. The lowest BCUT2D eigenvalue weighted by molar-refractivity contribution is -0.384. The lowest BCUT2D eigenvalue weighted by atomic mass is 9.79. The van der Waals surface area contributed by atoms with Gasteiger partial charge in [-0.1, -0.05) is 26.0 Å². The normalized spacial score (nSPS) is 17.6. The van der Waals surface area contributed by atoms with Crippen molar-refractivity contribution in [2.45, 2.75) is 19.9 Å². The summed E-state index contributed by atoms with van der Waals surface area (Å²) in [7, 11) is 0. The number of halogens is 1. The third-order valence-electron chi connectivity index (χ3n) is 4.08. The molecule has 7 heteroatoms. The Kier molecular flexibility index (Phi) is 6.74. The van der Waals surface area contributed by atoms with Gasteiger partial charge in [-0.15, -0.1) is 12.4 Å². The molecule has 0 aromatic heterocycles. The average molecular weight is 330 g/mol. The molecule has 1 aliphatic rings. The first-order valence-electron chi connectivity index (χ1n) is 7.26. The second-order valence-electron chi connectivity index (χ2n) is 6.18. The molecular formula is C15H24ClN3O3. The van der Waals surface area contributed by atoms with E-state index in [0.717, 1.165) is 31.7 Å². The van der Waals surface area contributed by atoms with Crippen LogP contribution in [0.1, 0.15) is 25.5 Å². The van der Waals surface area contributed by atoms with Crippen molar-refractivity contribution in [1.82, 2.24) is 10.2 Å². The molecule has 22 heavy (non-hydrogen) atoms. The van der Waals surface area contributed by atoms with Crippen molar-refractivity contribution in [2.75, 3.05) is 32.8 Å². The molecule has 6 nitrogen and oxygen atoms in total. The fourth-order valence-corrected chi connectivity index (χ4v) is 2.96. The van der Waals surface area contributed by atoms with Gasteiger partial charge < -0.3 is 10.4 Å². The van der Waals surface area contributed by atoms with Crippen LogP contribution in [0, 0.1) is 15.5 Å². The molecule has 0 unspecified atom stereocenters. The van der Waals surface area contributed by atoms with Crippen molar-refractivity contribution in [3.05, 3.63) is 39.9 Å². The zero-order chi connectivity index (χ0) is 15.5. The minimum absolute atomic E-state index is 0. The molecule has 0 spiro atoms. The van der Waals surface area contributed by atoms with Gasteiger partial charge in [-0.2, -0.15) is 0 Å². The van der Waals surface area contributed by atoms with Crippen LogP contribution in [-0.4, -0.2) is 47.7 Å². The summed E-state index contributed by atoms with van der Waals surface area (Å²) < 4.78 is 0. The maximum atomic E-state index is 10.8. The SMILES string of the molecule is CC(C)(CO)[C@H](c1ccc([N+](=O)[O-])cc1)N1CCNCC1.Cl. The van der Waals surface area contributed by atoms with E-state index >= 15 is 0 Å². The summed E-state index contributed by atoms with van der Waals surface area (Å²) in [6.07, 6.45) is 0. The quantitative estimate of drug-likeness (QED) is 0.638. The number of nitrogens with zero attached hydrogens (tertiary/aromatic N) is 2. The first-order chi connectivity index (χ1) is 9.95. The van der Waals surface area contributed by atoms with Gasteiger partial charge in [-0.3, -0.25) is 15.0 Å². The Labute approximate surface area is 137 Å². The van der Waals surface area contributed by atoms with Gasteiger partial charge in [-0.25, -0.2) is 0 Å². The Morgan fingerprint density at radius 3 is 2.32 bits per heavy atom. The molecular weight excluding hydrogens is 306 g/mol. The predicted molar refractivity (Wildman–Crippen MR) is 88.4 cm³/mol. The van der Waals surface area contributed by atoms with Crippen molar-refractivity contribution < 1.29 is 10.0 Å². The molecule has 1 saturated heterocycles. The molecule has 124 valence electrons. The van der Waals surface area contributed by atoms with Crippen molar-refractivity contribution in [3.8, 4) is 0 Å². The molecule has 2 N–H and O–H groups in total. The van der Waals surface area contributed by atoms with Crippen LogP contribution in [0.15, 0.2) is 24.3 Å². The second-order valence-corrected chi connectivity index (χ2v) is 6.18. The van der Waals surface area contributed by atoms with Gasteiger partial charge in [0.05, 0.1) is 4.92 Å². The highest BCUT2D eigenvalue weighted by molar-refractivity contribution is 5.85. The van der Waals surface area contributed by atoms with E-state index in [1.54, 1.807) is 0 Å². The van der Waals surface area contributed by atoms with Gasteiger partial charge >= 0.3 is 0 Å². The summed E-state index contributed by atoms with van der Waals surface area (Å²) >= 11 is 0. The third-order valence-corrected chi connectivity index (χ3v) is 4.08. The van der Waals surface area contributed by atoms with E-state index < -0.39 is 0 Å². The molecule has 0 aliphatic carbocycles. The molecule has 1 aliphatic heterocycles.